The average Bonchev–Trinajstić information content (AvgIpc) is 2.14. The van der Waals surface area contributed by atoms with Crippen LogP contribution in [0, 0.1) is 5.51 Å². The molecule has 0 unspecified atom stereocenters. The summed E-state index contributed by atoms with van der Waals surface area (Å²) >= 11 is 3.15. The van der Waals surface area contributed by atoms with Gasteiger partial charge in [0.2, 0.25) is 0 Å². The highest BCUT2D eigenvalue weighted by Crippen LogP contribution is 2.11. The van der Waals surface area contributed by atoms with Crippen LogP contribution in [0.3, 0.4) is 0 Å². The van der Waals surface area contributed by atoms with E-state index in [0.717, 1.165) is 5.03 Å². The van der Waals surface area contributed by atoms with Gasteiger partial charge < -0.3 is 0 Å². The normalized spacial score (nSPS) is 9.29. The minimum atomic E-state index is 1.06. The molecule has 0 amide bonds. The standard InChI is InChI=1S/C4H4NS2/c1-6-4-2-7-3-5-4/h2H,1H3. The average molecular weight is 130 g/mol. The van der Waals surface area contributed by atoms with Crippen LogP contribution in [0.25, 0.3) is 0 Å². The molecule has 1 aromatic rings. The first kappa shape index (κ1) is 5.12. The van der Waals surface area contributed by atoms with Gasteiger partial charge in [-0.3, -0.25) is 0 Å². The number of thiazole rings is 1. The van der Waals surface area contributed by atoms with E-state index in [1.165, 1.54) is 11.3 Å². The Labute approximate surface area is 50.8 Å². The fraction of sp³-hybridized carbons (Fsp3) is 0.250. The maximum absolute atomic E-state index is 3.89. The first-order valence-electron chi connectivity index (χ1n) is 1.79. The lowest BCUT2D eigenvalue weighted by Gasteiger charge is -1.77. The van der Waals surface area contributed by atoms with Gasteiger partial charge >= 0.3 is 0 Å². The highest BCUT2D eigenvalue weighted by atomic mass is 32.2. The van der Waals surface area contributed by atoms with Crippen LogP contribution in [0.1, 0.15) is 0 Å². The van der Waals surface area contributed by atoms with E-state index in [1.54, 1.807) is 11.8 Å². The summed E-state index contributed by atoms with van der Waals surface area (Å²) in [5, 5.41) is 3.04. The Morgan fingerprint density at radius 1 is 2.00 bits per heavy atom. The molecule has 1 rings (SSSR count). The van der Waals surface area contributed by atoms with Gasteiger partial charge in [-0.15, -0.1) is 23.1 Å². The van der Waals surface area contributed by atoms with Crippen molar-refractivity contribution in [3.63, 3.8) is 0 Å². The number of thioether (sulfide) groups is 1. The van der Waals surface area contributed by atoms with E-state index in [-0.39, 0.29) is 0 Å². The van der Waals surface area contributed by atoms with Crippen LogP contribution in [-0.4, -0.2) is 11.2 Å². The summed E-state index contributed by atoms with van der Waals surface area (Å²) in [4.78, 5) is 3.89. The van der Waals surface area contributed by atoms with Crippen LogP contribution in [-0.2, 0) is 0 Å². The van der Waals surface area contributed by atoms with Gasteiger partial charge in [0.05, 0.1) is 0 Å². The fourth-order valence-corrected chi connectivity index (χ4v) is 1.35. The second-order valence-corrected chi connectivity index (χ2v) is 2.46. The lowest BCUT2D eigenvalue weighted by Crippen LogP contribution is -1.60. The lowest BCUT2D eigenvalue weighted by atomic mass is 11.0. The van der Waals surface area contributed by atoms with Gasteiger partial charge in [-0.05, 0) is 6.26 Å². The maximum Gasteiger partial charge on any atom is 0.153 e. The predicted molar refractivity (Wildman–Crippen MR) is 32.7 cm³/mol. The zero-order chi connectivity index (χ0) is 5.11. The van der Waals surface area contributed by atoms with Crippen molar-refractivity contribution in [3.05, 3.63) is 10.9 Å². The fourth-order valence-electron chi connectivity index (χ4n) is 0.268. The molecule has 0 aromatic carbocycles. The molecule has 1 radical (unpaired) electrons. The molecular weight excluding hydrogens is 126 g/mol. The van der Waals surface area contributed by atoms with E-state index in [4.69, 9.17) is 0 Å². The Kier molecular flexibility index (Phi) is 1.70. The van der Waals surface area contributed by atoms with Crippen LogP contribution < -0.4 is 0 Å². The molecule has 7 heavy (non-hydrogen) atoms. The summed E-state index contributed by atoms with van der Waals surface area (Å²) in [6, 6.07) is 0. The van der Waals surface area contributed by atoms with Crippen molar-refractivity contribution in [2.75, 3.05) is 6.26 Å². The highest BCUT2D eigenvalue weighted by Gasteiger charge is 1.85. The third kappa shape index (κ3) is 1.17. The van der Waals surface area contributed by atoms with Gasteiger partial charge in [-0.2, -0.15) is 0 Å². The van der Waals surface area contributed by atoms with Gasteiger partial charge in [0, 0.05) is 5.38 Å². The molecule has 0 aliphatic carbocycles. The van der Waals surface area contributed by atoms with E-state index in [1.807, 2.05) is 11.6 Å². The summed E-state index contributed by atoms with van der Waals surface area (Å²) in [7, 11) is 0. The largest absolute Gasteiger partial charge is 0.227 e. The topological polar surface area (TPSA) is 12.9 Å². The summed E-state index contributed by atoms with van der Waals surface area (Å²) in [6.45, 7) is 0. The molecular formula is C4H4NS2. The van der Waals surface area contributed by atoms with Crippen LogP contribution in [0.2, 0.25) is 0 Å². The van der Waals surface area contributed by atoms with Gasteiger partial charge in [-0.25, -0.2) is 4.98 Å². The van der Waals surface area contributed by atoms with Crippen LogP contribution in [0.5, 0.6) is 0 Å². The molecule has 0 aliphatic rings. The molecule has 0 saturated heterocycles. The molecule has 0 atom stereocenters. The Morgan fingerprint density at radius 2 is 2.86 bits per heavy atom. The Hall–Kier alpha value is -0.0200. The Balaban J connectivity index is 2.76. The highest BCUT2D eigenvalue weighted by molar-refractivity contribution is 7.98. The molecule has 0 spiro atoms. The predicted octanol–water partition coefficient (Wildman–Crippen LogP) is 1.67. The molecule has 0 saturated carbocycles. The van der Waals surface area contributed by atoms with Crippen molar-refractivity contribution >= 4 is 23.1 Å². The van der Waals surface area contributed by atoms with Gasteiger partial charge in [-0.1, -0.05) is 0 Å². The third-order valence-corrected chi connectivity index (χ3v) is 1.89. The maximum atomic E-state index is 3.89. The molecule has 1 heterocycles. The number of nitrogens with zero attached hydrogens (tertiary/aromatic N) is 1. The van der Waals surface area contributed by atoms with E-state index in [2.05, 4.69) is 10.5 Å². The summed E-state index contributed by atoms with van der Waals surface area (Å²) in [5.41, 5.74) is 2.75. The third-order valence-electron chi connectivity index (χ3n) is 0.577. The number of aromatic nitrogens is 1. The van der Waals surface area contributed by atoms with Crippen molar-refractivity contribution in [1.82, 2.24) is 4.98 Å². The molecule has 0 bridgehead atoms. The molecule has 3 heteroatoms. The minimum absolute atomic E-state index is 1.06. The van der Waals surface area contributed by atoms with E-state index >= 15 is 0 Å². The molecule has 0 N–H and O–H groups in total. The molecule has 1 aromatic heterocycles. The van der Waals surface area contributed by atoms with Gasteiger partial charge in [0.25, 0.3) is 0 Å². The molecule has 37 valence electrons. The first-order chi connectivity index (χ1) is 3.43. The zero-order valence-corrected chi connectivity index (χ0v) is 5.47. The number of rotatable bonds is 1. The summed E-state index contributed by atoms with van der Waals surface area (Å²) in [5.74, 6) is 0. The molecule has 0 fully saturated rings. The quantitative estimate of drug-likeness (QED) is 0.536. The SMILES string of the molecule is CSc1cs[c]n1. The number of hydrogen-bond donors (Lipinski definition) is 0. The summed E-state index contributed by atoms with van der Waals surface area (Å²) in [6.07, 6.45) is 2.00. The molecule has 1 nitrogen and oxygen atoms in total. The van der Waals surface area contributed by atoms with E-state index in [9.17, 15) is 0 Å². The second kappa shape index (κ2) is 2.33. The smallest absolute Gasteiger partial charge is 0.153 e. The van der Waals surface area contributed by atoms with Gasteiger partial charge in [0.1, 0.15) is 5.03 Å². The zero-order valence-electron chi connectivity index (χ0n) is 3.84. The molecule has 0 aliphatic heterocycles. The van der Waals surface area contributed by atoms with Gasteiger partial charge in [0.15, 0.2) is 5.51 Å². The number of hydrogen-bond acceptors (Lipinski definition) is 3. The van der Waals surface area contributed by atoms with Crippen molar-refractivity contribution in [2.24, 2.45) is 0 Å². The Bertz CT molecular complexity index is 124. The summed E-state index contributed by atoms with van der Waals surface area (Å²) < 4.78 is 0. The minimum Gasteiger partial charge on any atom is -0.227 e. The second-order valence-electron chi connectivity index (χ2n) is 0.981. The monoisotopic (exact) mass is 130 g/mol. The first-order valence-corrected chi connectivity index (χ1v) is 3.89. The van der Waals surface area contributed by atoms with Crippen LogP contribution >= 0.6 is 23.1 Å². The van der Waals surface area contributed by atoms with Crippen molar-refractivity contribution in [1.29, 1.82) is 0 Å². The van der Waals surface area contributed by atoms with Crippen LogP contribution in [0.15, 0.2) is 10.4 Å². The van der Waals surface area contributed by atoms with Crippen molar-refractivity contribution < 1.29 is 0 Å². The van der Waals surface area contributed by atoms with E-state index in [0.29, 0.717) is 0 Å². The van der Waals surface area contributed by atoms with E-state index < -0.39 is 0 Å². The van der Waals surface area contributed by atoms with Crippen molar-refractivity contribution in [3.8, 4) is 0 Å². The van der Waals surface area contributed by atoms with Crippen molar-refractivity contribution in [2.45, 2.75) is 5.03 Å². The lowest BCUT2D eigenvalue weighted by molar-refractivity contribution is 1.20. The van der Waals surface area contributed by atoms with Crippen LogP contribution in [0.4, 0.5) is 0 Å². The Morgan fingerprint density at radius 3 is 3.14 bits per heavy atom.